The number of carbonyl (C=O) groups excluding carboxylic acids is 2. The first-order valence-corrected chi connectivity index (χ1v) is 10.5. The van der Waals surface area contributed by atoms with Gasteiger partial charge in [0.05, 0.1) is 35.0 Å². The second kappa shape index (κ2) is 8.04. The topological polar surface area (TPSA) is 120 Å². The van der Waals surface area contributed by atoms with Crippen LogP contribution in [0.25, 0.3) is 11.0 Å². The van der Waals surface area contributed by atoms with Crippen molar-refractivity contribution >= 4 is 40.2 Å². The SMILES string of the molecule is O=C(C[C@H]1C(=O)N(C[C@H]2CCCO2)c2nc3ccccc3n21)Nc1ccccc1[N+](=O)[O-]. The first-order valence-electron chi connectivity index (χ1n) is 10.5. The number of hydrogen-bond acceptors (Lipinski definition) is 6. The Morgan fingerprint density at radius 1 is 1.22 bits per heavy atom. The van der Waals surface area contributed by atoms with Gasteiger partial charge in [-0.15, -0.1) is 0 Å². The zero-order valence-corrected chi connectivity index (χ0v) is 17.1. The summed E-state index contributed by atoms with van der Waals surface area (Å²) < 4.78 is 7.49. The molecule has 0 spiro atoms. The molecule has 2 amide bonds. The van der Waals surface area contributed by atoms with Crippen molar-refractivity contribution in [1.29, 1.82) is 0 Å². The number of amides is 2. The predicted octanol–water partition coefficient (Wildman–Crippen LogP) is 3.04. The molecule has 1 fully saturated rings. The van der Waals surface area contributed by atoms with Crippen LogP contribution in [0.5, 0.6) is 0 Å². The lowest BCUT2D eigenvalue weighted by molar-refractivity contribution is -0.383. The third-order valence-corrected chi connectivity index (χ3v) is 5.85. The van der Waals surface area contributed by atoms with Gasteiger partial charge in [-0.1, -0.05) is 24.3 Å². The van der Waals surface area contributed by atoms with E-state index in [1.54, 1.807) is 15.5 Å². The highest BCUT2D eigenvalue weighted by molar-refractivity contribution is 6.05. The van der Waals surface area contributed by atoms with Crippen molar-refractivity contribution in [2.45, 2.75) is 31.4 Å². The molecular weight excluding hydrogens is 414 g/mol. The van der Waals surface area contributed by atoms with E-state index < -0.39 is 16.9 Å². The molecule has 10 heteroatoms. The predicted molar refractivity (Wildman–Crippen MR) is 116 cm³/mol. The minimum absolute atomic E-state index is 0.0632. The number of aromatic nitrogens is 2. The van der Waals surface area contributed by atoms with Crippen molar-refractivity contribution in [2.24, 2.45) is 0 Å². The zero-order chi connectivity index (χ0) is 22.2. The highest BCUT2D eigenvalue weighted by Gasteiger charge is 2.42. The van der Waals surface area contributed by atoms with E-state index in [4.69, 9.17) is 4.74 Å². The van der Waals surface area contributed by atoms with Crippen LogP contribution >= 0.6 is 0 Å². The number of ether oxygens (including phenoxy) is 1. The number of carbonyl (C=O) groups is 2. The molecule has 0 bridgehead atoms. The van der Waals surface area contributed by atoms with Gasteiger partial charge in [-0.2, -0.15) is 0 Å². The van der Waals surface area contributed by atoms with Crippen molar-refractivity contribution in [3.05, 3.63) is 58.6 Å². The van der Waals surface area contributed by atoms with Crippen LogP contribution in [0.15, 0.2) is 48.5 Å². The van der Waals surface area contributed by atoms with Crippen LogP contribution in [0.2, 0.25) is 0 Å². The van der Waals surface area contributed by atoms with E-state index in [1.807, 2.05) is 24.3 Å². The van der Waals surface area contributed by atoms with Crippen molar-refractivity contribution < 1.29 is 19.2 Å². The van der Waals surface area contributed by atoms with E-state index in [-0.39, 0.29) is 29.8 Å². The third-order valence-electron chi connectivity index (χ3n) is 5.85. The van der Waals surface area contributed by atoms with Crippen LogP contribution in [0.3, 0.4) is 0 Å². The summed E-state index contributed by atoms with van der Waals surface area (Å²) in [6.45, 7) is 1.05. The summed E-state index contributed by atoms with van der Waals surface area (Å²) in [5.41, 5.74) is 1.39. The lowest BCUT2D eigenvalue weighted by Crippen LogP contribution is -2.37. The van der Waals surface area contributed by atoms with Crippen LogP contribution in [-0.4, -0.2) is 45.5 Å². The van der Waals surface area contributed by atoms with Gasteiger partial charge in [0, 0.05) is 12.7 Å². The number of nitro groups is 1. The summed E-state index contributed by atoms with van der Waals surface area (Å²) in [7, 11) is 0. The minimum atomic E-state index is -0.790. The first-order chi connectivity index (χ1) is 15.5. The fraction of sp³-hybridized carbons (Fsp3) is 0.318. The molecule has 32 heavy (non-hydrogen) atoms. The Bertz CT molecular complexity index is 1220. The van der Waals surface area contributed by atoms with E-state index in [0.29, 0.717) is 19.1 Å². The Balaban J connectivity index is 1.44. The Kier molecular flexibility index (Phi) is 5.06. The lowest BCUT2D eigenvalue weighted by atomic mass is 10.1. The van der Waals surface area contributed by atoms with Crippen LogP contribution < -0.4 is 10.2 Å². The van der Waals surface area contributed by atoms with Gasteiger partial charge in [-0.3, -0.25) is 29.2 Å². The molecule has 2 atom stereocenters. The Morgan fingerprint density at radius 2 is 2.00 bits per heavy atom. The normalized spacial score (nSPS) is 20.0. The van der Waals surface area contributed by atoms with Gasteiger partial charge >= 0.3 is 0 Å². The van der Waals surface area contributed by atoms with Gasteiger partial charge in [-0.25, -0.2) is 4.98 Å². The maximum Gasteiger partial charge on any atom is 0.292 e. The largest absolute Gasteiger partial charge is 0.376 e. The molecular formula is C22H21N5O5. The number of para-hydroxylation sites is 4. The number of imidazole rings is 1. The Morgan fingerprint density at radius 3 is 2.78 bits per heavy atom. The number of benzene rings is 2. The van der Waals surface area contributed by atoms with Crippen molar-refractivity contribution in [1.82, 2.24) is 9.55 Å². The molecule has 3 heterocycles. The van der Waals surface area contributed by atoms with Crippen LogP contribution in [-0.2, 0) is 14.3 Å². The number of anilines is 2. The molecule has 3 aromatic rings. The maximum atomic E-state index is 13.3. The fourth-order valence-electron chi connectivity index (χ4n) is 4.38. The molecule has 1 aromatic heterocycles. The molecule has 2 aliphatic rings. The van der Waals surface area contributed by atoms with Gasteiger partial charge in [0.2, 0.25) is 11.9 Å². The summed E-state index contributed by atoms with van der Waals surface area (Å²) in [5, 5.41) is 13.8. The summed E-state index contributed by atoms with van der Waals surface area (Å²) in [6, 6.07) is 12.6. The van der Waals surface area contributed by atoms with E-state index >= 15 is 0 Å². The number of hydrogen-bond donors (Lipinski definition) is 1. The van der Waals surface area contributed by atoms with Gasteiger partial charge in [0.25, 0.3) is 11.6 Å². The summed E-state index contributed by atoms with van der Waals surface area (Å²) in [5.74, 6) is -0.220. The molecule has 2 aliphatic heterocycles. The molecule has 0 unspecified atom stereocenters. The number of nitrogens with zero attached hydrogens (tertiary/aromatic N) is 4. The molecule has 1 N–H and O–H groups in total. The number of nitro benzene ring substituents is 1. The van der Waals surface area contributed by atoms with Crippen molar-refractivity contribution in [3.8, 4) is 0 Å². The minimum Gasteiger partial charge on any atom is -0.376 e. The third kappa shape index (κ3) is 3.48. The van der Waals surface area contributed by atoms with Crippen molar-refractivity contribution in [3.63, 3.8) is 0 Å². The lowest BCUT2D eigenvalue weighted by Gasteiger charge is -2.19. The van der Waals surface area contributed by atoms with E-state index in [1.165, 1.54) is 18.2 Å². The molecule has 0 aliphatic carbocycles. The first kappa shape index (κ1) is 20.1. The summed E-state index contributed by atoms with van der Waals surface area (Å²) in [6.07, 6.45) is 1.59. The second-order valence-corrected chi connectivity index (χ2v) is 7.90. The Labute approximate surface area is 182 Å². The summed E-state index contributed by atoms with van der Waals surface area (Å²) in [4.78, 5) is 43.1. The molecule has 10 nitrogen and oxygen atoms in total. The van der Waals surface area contributed by atoms with E-state index in [9.17, 15) is 19.7 Å². The van der Waals surface area contributed by atoms with Crippen LogP contribution in [0.1, 0.15) is 25.3 Å². The number of rotatable bonds is 6. The molecule has 5 rings (SSSR count). The molecule has 0 saturated carbocycles. The van der Waals surface area contributed by atoms with Gasteiger partial charge in [0.1, 0.15) is 11.7 Å². The highest BCUT2D eigenvalue weighted by Crippen LogP contribution is 2.37. The quantitative estimate of drug-likeness (QED) is 0.469. The average Bonchev–Trinajstić information content (AvgIpc) is 3.48. The standard InChI is InChI=1S/C22H21N5O5/c28-20(23-16-8-2-4-10-18(16)27(30)31)12-19-21(29)25(13-14-6-5-11-32-14)22-24-15-7-1-3-9-17(15)26(19)22/h1-4,7-10,14,19H,5-6,11-13H2,(H,23,28)/t14-,19+/m1/s1. The maximum absolute atomic E-state index is 13.3. The van der Waals surface area contributed by atoms with E-state index in [2.05, 4.69) is 10.3 Å². The molecule has 164 valence electrons. The molecule has 0 radical (unpaired) electrons. The van der Waals surface area contributed by atoms with Crippen LogP contribution in [0.4, 0.5) is 17.3 Å². The summed E-state index contributed by atoms with van der Waals surface area (Å²) >= 11 is 0. The van der Waals surface area contributed by atoms with E-state index in [0.717, 1.165) is 23.9 Å². The second-order valence-electron chi connectivity index (χ2n) is 7.90. The average molecular weight is 435 g/mol. The van der Waals surface area contributed by atoms with Crippen molar-refractivity contribution in [2.75, 3.05) is 23.4 Å². The monoisotopic (exact) mass is 435 g/mol. The van der Waals surface area contributed by atoms with Gasteiger partial charge in [-0.05, 0) is 31.0 Å². The van der Waals surface area contributed by atoms with Gasteiger partial charge in [0.15, 0.2) is 0 Å². The number of fused-ring (bicyclic) bond motifs is 3. The fourth-order valence-corrected chi connectivity index (χ4v) is 4.38. The molecule has 2 aromatic carbocycles. The van der Waals surface area contributed by atoms with Gasteiger partial charge < -0.3 is 10.1 Å². The van der Waals surface area contributed by atoms with Crippen LogP contribution in [0, 0.1) is 10.1 Å². The highest BCUT2D eigenvalue weighted by atomic mass is 16.6. The zero-order valence-electron chi connectivity index (χ0n) is 17.1. The Hall–Kier alpha value is -3.79. The molecule has 1 saturated heterocycles. The number of nitrogens with one attached hydrogen (secondary N) is 1. The smallest absolute Gasteiger partial charge is 0.292 e.